The molecule has 2 nitrogen and oxygen atoms in total. The summed E-state index contributed by atoms with van der Waals surface area (Å²) in [4.78, 5) is 10.3. The van der Waals surface area contributed by atoms with Crippen LogP contribution in [0, 0.1) is 11.8 Å². The molecule has 0 spiro atoms. The Balaban J connectivity index is 2.08. The molecule has 1 saturated carbocycles. The minimum atomic E-state index is -0.596. The van der Waals surface area contributed by atoms with Crippen LogP contribution >= 0.6 is 0 Å². The zero-order chi connectivity index (χ0) is 7.56. The quantitative estimate of drug-likeness (QED) is 0.650. The Bertz CT molecular complexity index is 131. The monoisotopic (exact) mass is 142 g/mol. The molecule has 0 saturated heterocycles. The summed E-state index contributed by atoms with van der Waals surface area (Å²) in [5.41, 5.74) is 0. The van der Waals surface area contributed by atoms with Crippen molar-refractivity contribution in [3.05, 3.63) is 0 Å². The Kier molecular flexibility index (Phi) is 2.30. The van der Waals surface area contributed by atoms with Gasteiger partial charge in [0.1, 0.15) is 0 Å². The smallest absolute Gasteiger partial charge is 0.306 e. The van der Waals surface area contributed by atoms with E-state index in [1.165, 1.54) is 12.8 Å². The number of hydrogen-bond donors (Lipinski definition) is 1. The van der Waals surface area contributed by atoms with Gasteiger partial charge in [-0.1, -0.05) is 19.8 Å². The molecule has 2 heteroatoms. The molecule has 1 aliphatic rings. The highest BCUT2D eigenvalue weighted by Gasteiger charge is 2.41. The van der Waals surface area contributed by atoms with Gasteiger partial charge in [-0.05, 0) is 18.8 Å². The van der Waals surface area contributed by atoms with Crippen LogP contribution in [-0.2, 0) is 4.79 Å². The van der Waals surface area contributed by atoms with Gasteiger partial charge in [-0.25, -0.2) is 0 Å². The highest BCUT2D eigenvalue weighted by Crippen LogP contribution is 2.42. The number of aliphatic carboxylic acids is 1. The van der Waals surface area contributed by atoms with Gasteiger partial charge in [-0.3, -0.25) is 4.79 Å². The van der Waals surface area contributed by atoms with Crippen LogP contribution in [0.2, 0.25) is 0 Å². The zero-order valence-electron chi connectivity index (χ0n) is 6.34. The third-order valence-electron chi connectivity index (χ3n) is 2.17. The summed E-state index contributed by atoms with van der Waals surface area (Å²) in [6, 6.07) is 0. The molecule has 0 radical (unpaired) electrons. The average Bonchev–Trinajstić information content (AvgIpc) is 2.62. The van der Waals surface area contributed by atoms with Gasteiger partial charge in [-0.15, -0.1) is 0 Å². The molecule has 0 aliphatic heterocycles. The van der Waals surface area contributed by atoms with Crippen molar-refractivity contribution >= 4 is 5.97 Å². The maximum atomic E-state index is 10.3. The summed E-state index contributed by atoms with van der Waals surface area (Å²) in [6.45, 7) is 2.14. The van der Waals surface area contributed by atoms with Crippen LogP contribution in [0.5, 0.6) is 0 Å². The predicted molar refractivity (Wildman–Crippen MR) is 38.8 cm³/mol. The number of rotatable bonds is 4. The molecule has 0 bridgehead atoms. The lowest BCUT2D eigenvalue weighted by Crippen LogP contribution is -1.99. The largest absolute Gasteiger partial charge is 0.481 e. The summed E-state index contributed by atoms with van der Waals surface area (Å²) in [5, 5.41) is 8.52. The lowest BCUT2D eigenvalue weighted by atomic mass is 10.1. The van der Waals surface area contributed by atoms with Crippen molar-refractivity contribution in [3.63, 3.8) is 0 Å². The van der Waals surface area contributed by atoms with Crippen LogP contribution in [0.1, 0.15) is 32.6 Å². The second-order valence-electron chi connectivity index (χ2n) is 3.08. The summed E-state index contributed by atoms with van der Waals surface area (Å²) in [7, 11) is 0. The van der Waals surface area contributed by atoms with Crippen molar-refractivity contribution < 1.29 is 9.90 Å². The minimum absolute atomic E-state index is 0.00606. The van der Waals surface area contributed by atoms with Gasteiger partial charge >= 0.3 is 5.97 Å². The van der Waals surface area contributed by atoms with E-state index in [0.717, 1.165) is 12.8 Å². The highest BCUT2D eigenvalue weighted by atomic mass is 16.4. The zero-order valence-corrected chi connectivity index (χ0v) is 6.34. The molecule has 0 amide bonds. The third-order valence-corrected chi connectivity index (χ3v) is 2.17. The van der Waals surface area contributed by atoms with Gasteiger partial charge in [0.25, 0.3) is 0 Å². The summed E-state index contributed by atoms with van der Waals surface area (Å²) in [6.07, 6.45) is 4.42. The molecule has 1 aliphatic carbocycles. The average molecular weight is 142 g/mol. The fourth-order valence-electron chi connectivity index (χ4n) is 1.34. The van der Waals surface area contributed by atoms with Gasteiger partial charge in [-0.2, -0.15) is 0 Å². The summed E-state index contributed by atoms with van der Waals surface area (Å²) < 4.78 is 0. The molecule has 0 aromatic carbocycles. The predicted octanol–water partition coefficient (Wildman–Crippen LogP) is 1.90. The summed E-state index contributed by atoms with van der Waals surface area (Å²) >= 11 is 0. The summed E-state index contributed by atoms with van der Waals surface area (Å²) in [5.74, 6) is -0.0786. The van der Waals surface area contributed by atoms with Gasteiger partial charge in [0.2, 0.25) is 0 Å². The van der Waals surface area contributed by atoms with E-state index < -0.39 is 5.97 Å². The van der Waals surface area contributed by atoms with Crippen LogP contribution < -0.4 is 0 Å². The van der Waals surface area contributed by atoms with E-state index in [1.54, 1.807) is 0 Å². The Morgan fingerprint density at radius 3 is 2.80 bits per heavy atom. The van der Waals surface area contributed by atoms with Crippen molar-refractivity contribution in [3.8, 4) is 0 Å². The number of carbonyl (C=O) groups is 1. The SMILES string of the molecule is CCCC[C@H]1C[C@@H]1C(=O)O. The Morgan fingerprint density at radius 1 is 1.70 bits per heavy atom. The van der Waals surface area contributed by atoms with Crippen LogP contribution in [0.25, 0.3) is 0 Å². The first-order valence-corrected chi connectivity index (χ1v) is 3.98. The minimum Gasteiger partial charge on any atom is -0.481 e. The van der Waals surface area contributed by atoms with E-state index in [9.17, 15) is 4.79 Å². The lowest BCUT2D eigenvalue weighted by molar-refractivity contribution is -0.138. The second-order valence-corrected chi connectivity index (χ2v) is 3.08. The van der Waals surface area contributed by atoms with Crippen LogP contribution in [0.15, 0.2) is 0 Å². The lowest BCUT2D eigenvalue weighted by Gasteiger charge is -1.92. The Hall–Kier alpha value is -0.530. The van der Waals surface area contributed by atoms with Crippen LogP contribution in [0.4, 0.5) is 0 Å². The maximum absolute atomic E-state index is 10.3. The molecule has 0 unspecified atom stereocenters. The van der Waals surface area contributed by atoms with Crippen molar-refractivity contribution in [2.24, 2.45) is 11.8 Å². The standard InChI is InChI=1S/C8H14O2/c1-2-3-4-6-5-7(6)8(9)10/h6-7H,2-5H2,1H3,(H,9,10)/t6-,7-/m0/s1. The highest BCUT2D eigenvalue weighted by molar-refractivity contribution is 5.73. The third kappa shape index (κ3) is 1.72. The van der Waals surface area contributed by atoms with Gasteiger partial charge < -0.3 is 5.11 Å². The first-order chi connectivity index (χ1) is 4.75. The van der Waals surface area contributed by atoms with E-state index in [4.69, 9.17) is 5.11 Å². The molecule has 58 valence electrons. The molecular formula is C8H14O2. The fraction of sp³-hybridized carbons (Fsp3) is 0.875. The van der Waals surface area contributed by atoms with Gasteiger partial charge in [0.05, 0.1) is 5.92 Å². The number of unbranched alkanes of at least 4 members (excludes halogenated alkanes) is 1. The van der Waals surface area contributed by atoms with Crippen molar-refractivity contribution in [1.29, 1.82) is 0 Å². The van der Waals surface area contributed by atoms with Crippen molar-refractivity contribution in [2.75, 3.05) is 0 Å². The molecule has 0 aromatic rings. The molecule has 2 atom stereocenters. The number of carboxylic acid groups (broad SMARTS) is 1. The topological polar surface area (TPSA) is 37.3 Å². The van der Waals surface area contributed by atoms with Crippen molar-refractivity contribution in [2.45, 2.75) is 32.6 Å². The first kappa shape index (κ1) is 7.58. The molecule has 1 rings (SSSR count). The van der Waals surface area contributed by atoms with E-state index >= 15 is 0 Å². The second kappa shape index (κ2) is 3.04. The molecule has 0 heterocycles. The van der Waals surface area contributed by atoms with E-state index in [-0.39, 0.29) is 5.92 Å². The maximum Gasteiger partial charge on any atom is 0.306 e. The first-order valence-electron chi connectivity index (χ1n) is 3.98. The Morgan fingerprint density at radius 2 is 2.40 bits per heavy atom. The Labute approximate surface area is 61.2 Å². The number of carboxylic acids is 1. The number of hydrogen-bond acceptors (Lipinski definition) is 1. The van der Waals surface area contributed by atoms with E-state index in [1.807, 2.05) is 0 Å². The molecule has 0 aromatic heterocycles. The van der Waals surface area contributed by atoms with Gasteiger partial charge in [0.15, 0.2) is 0 Å². The van der Waals surface area contributed by atoms with Gasteiger partial charge in [0, 0.05) is 0 Å². The van der Waals surface area contributed by atoms with E-state index in [2.05, 4.69) is 6.92 Å². The normalized spacial score (nSPS) is 30.1. The molecular weight excluding hydrogens is 128 g/mol. The fourth-order valence-corrected chi connectivity index (χ4v) is 1.34. The molecule has 1 fully saturated rings. The molecule has 10 heavy (non-hydrogen) atoms. The van der Waals surface area contributed by atoms with Crippen molar-refractivity contribution in [1.82, 2.24) is 0 Å². The van der Waals surface area contributed by atoms with E-state index in [0.29, 0.717) is 5.92 Å². The van der Waals surface area contributed by atoms with Crippen LogP contribution in [0.3, 0.4) is 0 Å². The molecule has 1 N–H and O–H groups in total. The van der Waals surface area contributed by atoms with Crippen LogP contribution in [-0.4, -0.2) is 11.1 Å².